The number of amides is 1. The lowest BCUT2D eigenvalue weighted by molar-refractivity contribution is -0.163. The minimum Gasteiger partial charge on any atom is -0.477 e. The number of aromatic nitrogens is 2. The zero-order chi connectivity index (χ0) is 21.4. The summed E-state index contributed by atoms with van der Waals surface area (Å²) in [5.74, 6) is -2.63. The molecule has 2 aromatic rings. The number of hydrogen-bond donors (Lipinski definition) is 2. The predicted molar refractivity (Wildman–Crippen MR) is 103 cm³/mol. The Bertz CT molecular complexity index is 1180. The molecule has 0 aliphatic carbocycles. The SMILES string of the molecule is CC1C(c2cn3cnc(S(=O)(=O)N(C)C)c3s2)=C(C(=O)O)N2C(=O)[C@H]([C@@H](C)O)[C@H]12. The predicted octanol–water partition coefficient (Wildman–Crippen LogP) is 0.299. The summed E-state index contributed by atoms with van der Waals surface area (Å²) < 4.78 is 27.6. The molecule has 10 nitrogen and oxygen atoms in total. The number of aliphatic carboxylic acids is 1. The van der Waals surface area contributed by atoms with Crippen LogP contribution in [-0.4, -0.2) is 75.3 Å². The number of carboxylic acids is 1. The highest BCUT2D eigenvalue weighted by atomic mass is 32.2. The molecule has 0 bridgehead atoms. The van der Waals surface area contributed by atoms with Crippen LogP contribution in [0.15, 0.2) is 23.2 Å². The number of imidazole rings is 1. The largest absolute Gasteiger partial charge is 0.477 e. The van der Waals surface area contributed by atoms with Crippen molar-refractivity contribution in [1.82, 2.24) is 18.6 Å². The topological polar surface area (TPSA) is 133 Å². The Labute approximate surface area is 170 Å². The van der Waals surface area contributed by atoms with E-state index in [9.17, 15) is 28.2 Å². The molecule has 1 amide bonds. The van der Waals surface area contributed by atoms with Crippen molar-refractivity contribution >= 4 is 43.6 Å². The van der Waals surface area contributed by atoms with Gasteiger partial charge in [0.2, 0.25) is 10.9 Å². The molecule has 2 aliphatic rings. The van der Waals surface area contributed by atoms with Crippen molar-refractivity contribution in [2.24, 2.45) is 11.8 Å². The number of hydrogen-bond acceptors (Lipinski definition) is 7. The van der Waals surface area contributed by atoms with E-state index in [0.29, 0.717) is 15.3 Å². The molecule has 2 aromatic heterocycles. The number of aliphatic hydroxyl groups excluding tert-OH is 1. The first kappa shape index (κ1) is 20.0. The monoisotopic (exact) mass is 440 g/mol. The van der Waals surface area contributed by atoms with Crippen molar-refractivity contribution in [3.8, 4) is 0 Å². The minimum absolute atomic E-state index is 0.108. The van der Waals surface area contributed by atoms with Crippen molar-refractivity contribution in [3.05, 3.63) is 23.1 Å². The number of thiazole rings is 1. The Morgan fingerprint density at radius 3 is 2.59 bits per heavy atom. The van der Waals surface area contributed by atoms with E-state index in [1.54, 1.807) is 10.6 Å². The third kappa shape index (κ3) is 2.59. The summed E-state index contributed by atoms with van der Waals surface area (Å²) in [7, 11) is -0.953. The molecule has 2 aliphatic heterocycles. The molecule has 2 N–H and O–H groups in total. The Balaban J connectivity index is 1.86. The quantitative estimate of drug-likeness (QED) is 0.639. The Morgan fingerprint density at radius 1 is 1.38 bits per heavy atom. The van der Waals surface area contributed by atoms with Crippen LogP contribution in [0.3, 0.4) is 0 Å². The number of sulfonamides is 1. The number of β-lactam (4-membered cyclic amide) rings is 1. The third-order valence-electron chi connectivity index (χ3n) is 5.54. The summed E-state index contributed by atoms with van der Waals surface area (Å²) >= 11 is 1.11. The van der Waals surface area contributed by atoms with E-state index in [1.807, 2.05) is 6.92 Å². The molecule has 29 heavy (non-hydrogen) atoms. The van der Waals surface area contributed by atoms with E-state index in [4.69, 9.17) is 0 Å². The first-order valence-electron chi connectivity index (χ1n) is 8.86. The maximum atomic E-state index is 12.5. The molecular weight excluding hydrogens is 420 g/mol. The smallest absolute Gasteiger partial charge is 0.352 e. The summed E-state index contributed by atoms with van der Waals surface area (Å²) in [6, 6.07) is -0.437. The molecule has 0 radical (unpaired) electrons. The van der Waals surface area contributed by atoms with Crippen LogP contribution in [0.5, 0.6) is 0 Å². The molecule has 4 rings (SSSR count). The Hall–Kier alpha value is -2.28. The lowest BCUT2D eigenvalue weighted by atomic mass is 9.77. The van der Waals surface area contributed by atoms with Crippen molar-refractivity contribution in [2.45, 2.75) is 31.0 Å². The molecular formula is C17H20N4O6S2. The van der Waals surface area contributed by atoms with Gasteiger partial charge in [-0.3, -0.25) is 9.20 Å². The molecule has 4 heterocycles. The molecule has 0 saturated carbocycles. The van der Waals surface area contributed by atoms with Crippen molar-refractivity contribution in [1.29, 1.82) is 0 Å². The van der Waals surface area contributed by atoms with E-state index in [1.165, 1.54) is 32.2 Å². The lowest BCUT2D eigenvalue weighted by Gasteiger charge is -2.46. The normalized spacial score (nSPS) is 25.7. The van der Waals surface area contributed by atoms with Crippen molar-refractivity contribution in [2.75, 3.05) is 14.1 Å². The highest BCUT2D eigenvalue weighted by molar-refractivity contribution is 7.89. The summed E-state index contributed by atoms with van der Waals surface area (Å²) in [5.41, 5.74) is 0.347. The fourth-order valence-electron chi connectivity index (χ4n) is 4.15. The number of carboxylic acid groups (broad SMARTS) is 1. The molecule has 4 atom stereocenters. The third-order valence-corrected chi connectivity index (χ3v) is 8.57. The van der Waals surface area contributed by atoms with Gasteiger partial charge in [-0.15, -0.1) is 11.3 Å². The van der Waals surface area contributed by atoms with E-state index in [2.05, 4.69) is 4.98 Å². The van der Waals surface area contributed by atoms with Crippen LogP contribution >= 0.6 is 11.3 Å². The van der Waals surface area contributed by atoms with Crippen molar-refractivity contribution < 1.29 is 28.2 Å². The zero-order valence-corrected chi connectivity index (χ0v) is 17.7. The Morgan fingerprint density at radius 2 is 2.03 bits per heavy atom. The second kappa shape index (κ2) is 6.36. The van der Waals surface area contributed by atoms with Gasteiger partial charge in [-0.1, -0.05) is 6.92 Å². The van der Waals surface area contributed by atoms with Crippen LogP contribution in [0.25, 0.3) is 10.4 Å². The van der Waals surface area contributed by atoms with Crippen molar-refractivity contribution in [3.63, 3.8) is 0 Å². The van der Waals surface area contributed by atoms with Crippen LogP contribution in [0.2, 0.25) is 0 Å². The van der Waals surface area contributed by atoms with E-state index in [-0.39, 0.29) is 16.6 Å². The van der Waals surface area contributed by atoms with Gasteiger partial charge in [0, 0.05) is 31.8 Å². The molecule has 156 valence electrons. The second-order valence-corrected chi connectivity index (χ2v) is 10.6. The van der Waals surface area contributed by atoms with E-state index >= 15 is 0 Å². The fourth-order valence-corrected chi connectivity index (χ4v) is 6.55. The van der Waals surface area contributed by atoms with E-state index < -0.39 is 40.0 Å². The first-order valence-corrected chi connectivity index (χ1v) is 11.1. The van der Waals surface area contributed by atoms with E-state index in [0.717, 1.165) is 15.6 Å². The number of carbonyl (C=O) groups excluding carboxylic acids is 1. The van der Waals surface area contributed by atoms with Gasteiger partial charge in [0.05, 0.1) is 22.9 Å². The number of carbonyl (C=O) groups is 2. The fraction of sp³-hybridized carbons (Fsp3) is 0.471. The second-order valence-electron chi connectivity index (χ2n) is 7.47. The summed E-state index contributed by atoms with van der Waals surface area (Å²) in [4.78, 5) is 30.6. The molecule has 12 heteroatoms. The highest BCUT2D eigenvalue weighted by Crippen LogP contribution is 2.51. The van der Waals surface area contributed by atoms with Gasteiger partial charge in [0.25, 0.3) is 10.0 Å². The van der Waals surface area contributed by atoms with Gasteiger partial charge < -0.3 is 15.1 Å². The van der Waals surface area contributed by atoms with Crippen LogP contribution in [0.1, 0.15) is 18.7 Å². The first-order chi connectivity index (χ1) is 13.5. The van der Waals surface area contributed by atoms with Crippen LogP contribution in [0, 0.1) is 11.8 Å². The molecule has 0 spiro atoms. The molecule has 1 unspecified atom stereocenters. The minimum atomic E-state index is -3.77. The zero-order valence-electron chi connectivity index (χ0n) is 16.1. The number of rotatable bonds is 5. The summed E-state index contributed by atoms with van der Waals surface area (Å²) in [6.45, 7) is 3.33. The van der Waals surface area contributed by atoms with Gasteiger partial charge in [-0.25, -0.2) is 22.5 Å². The Kier molecular flexibility index (Phi) is 4.39. The van der Waals surface area contributed by atoms with Crippen LogP contribution in [0.4, 0.5) is 0 Å². The van der Waals surface area contributed by atoms with Gasteiger partial charge in [-0.2, -0.15) is 0 Å². The van der Waals surface area contributed by atoms with Gasteiger partial charge in [0.1, 0.15) is 16.9 Å². The average molecular weight is 441 g/mol. The van der Waals surface area contributed by atoms with Gasteiger partial charge >= 0.3 is 5.97 Å². The number of fused-ring (bicyclic) bond motifs is 2. The van der Waals surface area contributed by atoms with Crippen LogP contribution in [-0.2, 0) is 19.6 Å². The molecule has 1 fully saturated rings. The van der Waals surface area contributed by atoms with Crippen LogP contribution < -0.4 is 0 Å². The maximum Gasteiger partial charge on any atom is 0.352 e. The number of nitrogens with zero attached hydrogens (tertiary/aromatic N) is 4. The summed E-state index contributed by atoms with van der Waals surface area (Å²) in [6.07, 6.45) is 2.11. The van der Waals surface area contributed by atoms with Gasteiger partial charge in [-0.05, 0) is 6.92 Å². The highest BCUT2D eigenvalue weighted by Gasteiger charge is 2.60. The summed E-state index contributed by atoms with van der Waals surface area (Å²) in [5, 5.41) is 19.6. The van der Waals surface area contributed by atoms with Gasteiger partial charge in [0.15, 0.2) is 0 Å². The maximum absolute atomic E-state index is 12.5. The average Bonchev–Trinajstić information content (AvgIpc) is 3.23. The lowest BCUT2D eigenvalue weighted by Crippen LogP contribution is -2.63. The molecule has 0 aromatic carbocycles. The standard InChI is InChI=1S/C17H20N4O6S2/c1-7-10(13(17(24)25)21-12(7)11(8(2)22)15(21)23)9-5-20-6-18-14(16(20)28-9)29(26,27)19(3)4/h5-8,11-12,22H,1-4H3,(H,24,25)/t7?,8-,11-,12+/m1/s1. The number of aliphatic hydroxyl groups is 1. The molecule has 1 saturated heterocycles.